The van der Waals surface area contributed by atoms with E-state index >= 15 is 0 Å². The first-order valence-electron chi connectivity index (χ1n) is 6.80. The molecule has 1 heterocycles. The number of anilines is 3. The molecule has 2 aromatic rings. The lowest BCUT2D eigenvalue weighted by atomic mass is 10.2. The number of hydrogen-bond donors (Lipinski definition) is 2. The minimum atomic E-state index is 0.403. The van der Waals surface area contributed by atoms with Gasteiger partial charge >= 0.3 is 0 Å². The summed E-state index contributed by atoms with van der Waals surface area (Å²) in [5.74, 6) is 1.74. The first kappa shape index (κ1) is 14.9. The third kappa shape index (κ3) is 3.53. The van der Waals surface area contributed by atoms with E-state index < -0.39 is 0 Å². The predicted octanol–water partition coefficient (Wildman–Crippen LogP) is 2.91. The third-order valence-corrected chi connectivity index (χ3v) is 2.98. The number of nitrogens with two attached hydrogens (primary N) is 1. The van der Waals surface area contributed by atoms with Crippen LogP contribution < -0.4 is 20.5 Å². The molecule has 112 valence electrons. The summed E-state index contributed by atoms with van der Waals surface area (Å²) in [6.07, 6.45) is 2.33. The van der Waals surface area contributed by atoms with Gasteiger partial charge in [-0.1, -0.05) is 6.92 Å². The Bertz CT molecular complexity index is 617. The molecule has 0 spiro atoms. The van der Waals surface area contributed by atoms with Crippen LogP contribution in [0.25, 0.3) is 0 Å². The molecule has 6 heteroatoms. The summed E-state index contributed by atoms with van der Waals surface area (Å²) in [5.41, 5.74) is 8.38. The molecular weight excluding hydrogens is 268 g/mol. The van der Waals surface area contributed by atoms with Gasteiger partial charge in [-0.2, -0.15) is 4.98 Å². The summed E-state index contributed by atoms with van der Waals surface area (Å²) < 4.78 is 10.7. The number of nitrogen functional groups attached to an aromatic ring is 1. The molecule has 3 N–H and O–H groups in total. The van der Waals surface area contributed by atoms with Crippen LogP contribution in [0.1, 0.15) is 18.9 Å². The van der Waals surface area contributed by atoms with E-state index in [1.807, 2.05) is 32.0 Å². The second-order valence-electron chi connectivity index (χ2n) is 4.60. The van der Waals surface area contributed by atoms with Gasteiger partial charge < -0.3 is 20.5 Å². The number of aromatic nitrogens is 2. The van der Waals surface area contributed by atoms with E-state index in [1.54, 1.807) is 7.11 Å². The van der Waals surface area contributed by atoms with Crippen LogP contribution in [-0.2, 0) is 0 Å². The van der Waals surface area contributed by atoms with Gasteiger partial charge in [0.15, 0.2) is 5.82 Å². The zero-order valence-corrected chi connectivity index (χ0v) is 12.5. The van der Waals surface area contributed by atoms with Crippen molar-refractivity contribution in [3.05, 3.63) is 30.1 Å². The molecule has 0 unspecified atom stereocenters. The van der Waals surface area contributed by atoms with Crippen molar-refractivity contribution in [3.63, 3.8) is 0 Å². The lowest BCUT2D eigenvalue weighted by Gasteiger charge is -2.13. The highest BCUT2D eigenvalue weighted by molar-refractivity contribution is 5.73. The van der Waals surface area contributed by atoms with E-state index in [-0.39, 0.29) is 0 Å². The van der Waals surface area contributed by atoms with E-state index in [0.29, 0.717) is 24.0 Å². The van der Waals surface area contributed by atoms with Crippen molar-refractivity contribution < 1.29 is 9.47 Å². The number of aryl methyl sites for hydroxylation is 1. The third-order valence-electron chi connectivity index (χ3n) is 2.98. The average molecular weight is 288 g/mol. The fourth-order valence-corrected chi connectivity index (χ4v) is 1.82. The van der Waals surface area contributed by atoms with Crippen LogP contribution in [0.2, 0.25) is 0 Å². The summed E-state index contributed by atoms with van der Waals surface area (Å²) in [6.45, 7) is 4.58. The lowest BCUT2D eigenvalue weighted by molar-refractivity contribution is 0.307. The molecule has 0 aliphatic heterocycles. The minimum Gasteiger partial charge on any atom is -0.497 e. The molecule has 1 aromatic carbocycles. The van der Waals surface area contributed by atoms with Crippen LogP contribution in [-0.4, -0.2) is 23.7 Å². The number of methoxy groups -OCH3 is 1. The standard InChI is InChI=1S/C15H20N4O2/c1-4-7-21-15-13(16)14(17-9-18-15)19-12-6-5-11(20-3)8-10(12)2/h5-6,8-9H,4,7,16H2,1-3H3,(H,17,18,19). The van der Waals surface area contributed by atoms with Crippen molar-refractivity contribution >= 4 is 17.2 Å². The molecule has 0 radical (unpaired) electrons. The van der Waals surface area contributed by atoms with Crippen LogP contribution in [0, 0.1) is 6.92 Å². The first-order valence-corrected chi connectivity index (χ1v) is 6.80. The smallest absolute Gasteiger partial charge is 0.242 e. The van der Waals surface area contributed by atoms with Crippen molar-refractivity contribution in [1.82, 2.24) is 9.97 Å². The second-order valence-corrected chi connectivity index (χ2v) is 4.60. The topological polar surface area (TPSA) is 82.3 Å². The van der Waals surface area contributed by atoms with Crippen molar-refractivity contribution in [2.45, 2.75) is 20.3 Å². The molecule has 1 aromatic heterocycles. The maximum atomic E-state index is 6.04. The van der Waals surface area contributed by atoms with Gasteiger partial charge in [0.2, 0.25) is 5.88 Å². The largest absolute Gasteiger partial charge is 0.497 e. The molecule has 0 aliphatic rings. The van der Waals surface area contributed by atoms with Gasteiger partial charge in [-0.05, 0) is 37.1 Å². The SMILES string of the molecule is CCCOc1ncnc(Nc2ccc(OC)cc2C)c1N. The van der Waals surface area contributed by atoms with Gasteiger partial charge in [0.1, 0.15) is 17.8 Å². The number of hydrogen-bond acceptors (Lipinski definition) is 6. The Balaban J connectivity index is 2.23. The summed E-state index contributed by atoms with van der Waals surface area (Å²) in [6, 6.07) is 5.73. The quantitative estimate of drug-likeness (QED) is 0.850. The molecule has 21 heavy (non-hydrogen) atoms. The maximum Gasteiger partial charge on any atom is 0.242 e. The van der Waals surface area contributed by atoms with Crippen molar-refractivity contribution in [3.8, 4) is 11.6 Å². The Labute approximate surface area is 124 Å². The molecule has 6 nitrogen and oxygen atoms in total. The first-order chi connectivity index (χ1) is 10.2. The number of nitrogens with zero attached hydrogens (tertiary/aromatic N) is 2. The van der Waals surface area contributed by atoms with Gasteiger partial charge in [0, 0.05) is 5.69 Å². The predicted molar refractivity (Wildman–Crippen MR) is 83.2 cm³/mol. The monoisotopic (exact) mass is 288 g/mol. The molecule has 0 fully saturated rings. The Morgan fingerprint density at radius 1 is 1.29 bits per heavy atom. The summed E-state index contributed by atoms with van der Waals surface area (Å²) in [5, 5.41) is 3.20. The summed E-state index contributed by atoms with van der Waals surface area (Å²) in [7, 11) is 1.64. The van der Waals surface area contributed by atoms with Gasteiger partial charge in [-0.25, -0.2) is 4.98 Å². The van der Waals surface area contributed by atoms with Crippen LogP contribution in [0.5, 0.6) is 11.6 Å². The number of benzene rings is 1. The zero-order chi connectivity index (χ0) is 15.2. The molecule has 0 amide bonds. The molecule has 0 aliphatic carbocycles. The van der Waals surface area contributed by atoms with Crippen molar-refractivity contribution in [2.24, 2.45) is 0 Å². The Morgan fingerprint density at radius 3 is 2.76 bits per heavy atom. The second kappa shape index (κ2) is 6.78. The molecule has 2 rings (SSSR count). The molecule has 0 bridgehead atoms. The van der Waals surface area contributed by atoms with Gasteiger partial charge in [0.25, 0.3) is 0 Å². The Kier molecular flexibility index (Phi) is 4.81. The zero-order valence-electron chi connectivity index (χ0n) is 12.5. The van der Waals surface area contributed by atoms with Crippen molar-refractivity contribution in [1.29, 1.82) is 0 Å². The number of rotatable bonds is 6. The van der Waals surface area contributed by atoms with Gasteiger partial charge in [0.05, 0.1) is 13.7 Å². The fraction of sp³-hybridized carbons (Fsp3) is 0.333. The van der Waals surface area contributed by atoms with E-state index in [1.165, 1.54) is 6.33 Å². The van der Waals surface area contributed by atoms with Gasteiger partial charge in [-0.3, -0.25) is 0 Å². The van der Waals surface area contributed by atoms with E-state index in [2.05, 4.69) is 15.3 Å². The lowest BCUT2D eigenvalue weighted by Crippen LogP contribution is -2.06. The van der Waals surface area contributed by atoms with Crippen LogP contribution in [0.15, 0.2) is 24.5 Å². The molecular formula is C15H20N4O2. The highest BCUT2D eigenvalue weighted by atomic mass is 16.5. The molecule has 0 atom stereocenters. The van der Waals surface area contributed by atoms with E-state index in [0.717, 1.165) is 23.4 Å². The van der Waals surface area contributed by atoms with E-state index in [9.17, 15) is 0 Å². The summed E-state index contributed by atoms with van der Waals surface area (Å²) in [4.78, 5) is 8.22. The highest BCUT2D eigenvalue weighted by Gasteiger charge is 2.10. The highest BCUT2D eigenvalue weighted by Crippen LogP contribution is 2.29. The minimum absolute atomic E-state index is 0.403. The Morgan fingerprint density at radius 2 is 2.10 bits per heavy atom. The number of nitrogens with one attached hydrogen (secondary N) is 1. The normalized spacial score (nSPS) is 10.2. The van der Waals surface area contributed by atoms with Crippen LogP contribution >= 0.6 is 0 Å². The maximum absolute atomic E-state index is 6.04. The molecule has 0 saturated carbocycles. The van der Waals surface area contributed by atoms with Crippen molar-refractivity contribution in [2.75, 3.05) is 24.8 Å². The molecule has 0 saturated heterocycles. The Hall–Kier alpha value is -2.50. The number of ether oxygens (including phenoxy) is 2. The van der Waals surface area contributed by atoms with E-state index in [4.69, 9.17) is 15.2 Å². The fourth-order valence-electron chi connectivity index (χ4n) is 1.82. The van der Waals surface area contributed by atoms with Crippen LogP contribution in [0.3, 0.4) is 0 Å². The van der Waals surface area contributed by atoms with Gasteiger partial charge in [-0.15, -0.1) is 0 Å². The summed E-state index contributed by atoms with van der Waals surface area (Å²) >= 11 is 0. The van der Waals surface area contributed by atoms with Crippen LogP contribution in [0.4, 0.5) is 17.2 Å². The average Bonchev–Trinajstić information content (AvgIpc) is 2.50.